The minimum atomic E-state index is -0.359. The lowest BCUT2D eigenvalue weighted by Crippen LogP contribution is -2.19. The van der Waals surface area contributed by atoms with Crippen molar-refractivity contribution >= 4 is 28.9 Å². The Bertz CT molecular complexity index is 1280. The molecule has 32 heavy (non-hydrogen) atoms. The highest BCUT2D eigenvalue weighted by atomic mass is 16.5. The van der Waals surface area contributed by atoms with Gasteiger partial charge in [0.25, 0.3) is 0 Å². The van der Waals surface area contributed by atoms with Crippen LogP contribution in [0.15, 0.2) is 85.6 Å². The van der Waals surface area contributed by atoms with E-state index in [2.05, 4.69) is 32.5 Å². The van der Waals surface area contributed by atoms with Crippen molar-refractivity contribution in [2.45, 2.75) is 12.8 Å². The lowest BCUT2D eigenvalue weighted by Gasteiger charge is -2.10. The first-order chi connectivity index (χ1) is 15.6. The molecule has 1 fully saturated rings. The van der Waals surface area contributed by atoms with E-state index in [9.17, 15) is 4.79 Å². The van der Waals surface area contributed by atoms with E-state index < -0.39 is 0 Å². The van der Waals surface area contributed by atoms with Gasteiger partial charge in [0.1, 0.15) is 23.0 Å². The number of nitrogens with zero attached hydrogens (tertiary/aromatic N) is 3. The molecule has 3 heterocycles. The van der Waals surface area contributed by atoms with E-state index in [0.717, 1.165) is 17.2 Å². The third kappa shape index (κ3) is 4.70. The summed E-state index contributed by atoms with van der Waals surface area (Å²) >= 11 is 0. The molecule has 160 valence electrons. The molecule has 0 aliphatic heterocycles. The van der Waals surface area contributed by atoms with Gasteiger partial charge < -0.3 is 25.1 Å². The molecule has 1 aliphatic carbocycles. The summed E-state index contributed by atoms with van der Waals surface area (Å²) in [6.45, 7) is 4.08. The van der Waals surface area contributed by atoms with Crippen LogP contribution in [0, 0.1) is 5.92 Å². The maximum atomic E-state index is 12.2. The quantitative estimate of drug-likeness (QED) is 0.363. The summed E-state index contributed by atoms with van der Waals surface area (Å²) < 4.78 is 7.90. The van der Waals surface area contributed by atoms with Crippen molar-refractivity contribution in [3.63, 3.8) is 0 Å². The monoisotopic (exact) mass is 426 g/mol. The van der Waals surface area contributed by atoms with Crippen molar-refractivity contribution in [2.24, 2.45) is 5.92 Å². The number of pyridine rings is 2. The van der Waals surface area contributed by atoms with Crippen molar-refractivity contribution in [1.29, 1.82) is 0 Å². The van der Waals surface area contributed by atoms with E-state index in [1.807, 2.05) is 41.1 Å². The van der Waals surface area contributed by atoms with Crippen molar-refractivity contribution in [3.8, 4) is 11.5 Å². The average molecular weight is 426 g/mol. The third-order valence-corrected chi connectivity index (χ3v) is 5.03. The standard InChI is InChI=1S/C24H22N6O2/c1-16(17-7-8-17)26-22-15-30-14-21(9-10-23(30)29-22)32-20-6-2-4-18(12-20)27-24(31)28-19-5-3-11-25-13-19/h2-6,9-15,17,26H,1,7-8H2,(H2,27,28,31). The van der Waals surface area contributed by atoms with Gasteiger partial charge in [-0.25, -0.2) is 9.78 Å². The van der Waals surface area contributed by atoms with Crippen molar-refractivity contribution in [3.05, 3.63) is 85.6 Å². The summed E-state index contributed by atoms with van der Waals surface area (Å²) in [7, 11) is 0. The Labute approximate surface area is 185 Å². The number of nitrogens with one attached hydrogen (secondary N) is 3. The smallest absolute Gasteiger partial charge is 0.323 e. The number of hydrogen-bond acceptors (Lipinski definition) is 5. The summed E-state index contributed by atoms with van der Waals surface area (Å²) in [6, 6.07) is 14.1. The van der Waals surface area contributed by atoms with Crippen LogP contribution in [-0.2, 0) is 0 Å². The lowest BCUT2D eigenvalue weighted by molar-refractivity contribution is 0.262. The van der Waals surface area contributed by atoms with Crippen LogP contribution < -0.4 is 20.7 Å². The van der Waals surface area contributed by atoms with Gasteiger partial charge in [0.05, 0.1) is 24.3 Å². The van der Waals surface area contributed by atoms with Gasteiger partial charge in [0, 0.05) is 23.6 Å². The van der Waals surface area contributed by atoms with E-state index in [1.165, 1.54) is 12.8 Å². The Morgan fingerprint density at radius 1 is 1.00 bits per heavy atom. The maximum Gasteiger partial charge on any atom is 0.323 e. The van der Waals surface area contributed by atoms with E-state index in [4.69, 9.17) is 4.74 Å². The second-order valence-electron chi connectivity index (χ2n) is 7.63. The van der Waals surface area contributed by atoms with Crippen LogP contribution >= 0.6 is 0 Å². The normalized spacial score (nSPS) is 12.9. The first-order valence-electron chi connectivity index (χ1n) is 10.3. The Balaban J connectivity index is 1.25. The van der Waals surface area contributed by atoms with Crippen LogP contribution in [0.1, 0.15) is 12.8 Å². The fourth-order valence-corrected chi connectivity index (χ4v) is 3.29. The maximum absolute atomic E-state index is 12.2. The first kappa shape index (κ1) is 19.6. The molecule has 1 aliphatic rings. The van der Waals surface area contributed by atoms with Crippen LogP contribution in [-0.4, -0.2) is 20.4 Å². The minimum Gasteiger partial charge on any atom is -0.456 e. The zero-order valence-corrected chi connectivity index (χ0v) is 17.3. The number of fused-ring (bicyclic) bond motifs is 1. The highest BCUT2D eigenvalue weighted by Gasteiger charge is 2.25. The molecule has 0 unspecified atom stereocenters. The van der Waals surface area contributed by atoms with Gasteiger partial charge in [-0.15, -0.1) is 0 Å². The molecule has 4 aromatic rings. The number of carbonyl (C=O) groups excluding carboxylic acids is 1. The molecule has 8 nitrogen and oxygen atoms in total. The Morgan fingerprint density at radius 3 is 2.66 bits per heavy atom. The van der Waals surface area contributed by atoms with Gasteiger partial charge in [-0.05, 0) is 55.2 Å². The molecule has 1 aromatic carbocycles. The molecule has 5 rings (SSSR count). The number of rotatable bonds is 7. The third-order valence-electron chi connectivity index (χ3n) is 5.03. The molecule has 0 bridgehead atoms. The molecule has 0 atom stereocenters. The largest absolute Gasteiger partial charge is 0.456 e. The molecular weight excluding hydrogens is 404 g/mol. The number of hydrogen-bond donors (Lipinski definition) is 3. The molecule has 0 radical (unpaired) electrons. The van der Waals surface area contributed by atoms with Crippen LogP contribution in [0.25, 0.3) is 5.65 Å². The van der Waals surface area contributed by atoms with Crippen molar-refractivity contribution in [2.75, 3.05) is 16.0 Å². The second-order valence-corrected chi connectivity index (χ2v) is 7.63. The fraction of sp³-hybridized carbons (Fsp3) is 0.125. The number of anilines is 3. The van der Waals surface area contributed by atoms with Crippen LogP contribution in [0.3, 0.4) is 0 Å². The Kier molecular flexibility index (Phi) is 5.17. The zero-order valence-electron chi connectivity index (χ0n) is 17.3. The number of urea groups is 1. The predicted molar refractivity (Wildman–Crippen MR) is 124 cm³/mol. The van der Waals surface area contributed by atoms with E-state index >= 15 is 0 Å². The SMILES string of the molecule is C=C(Nc1cn2cc(Oc3cccc(NC(=O)Nc4cccnc4)c3)ccc2n1)C1CC1. The summed E-state index contributed by atoms with van der Waals surface area (Å²) in [5, 5.41) is 8.81. The highest BCUT2D eigenvalue weighted by Crippen LogP contribution is 2.35. The Hall–Kier alpha value is -4.33. The van der Waals surface area contributed by atoms with Crippen molar-refractivity contribution < 1.29 is 9.53 Å². The molecule has 0 spiro atoms. The fourth-order valence-electron chi connectivity index (χ4n) is 3.29. The molecule has 3 aromatic heterocycles. The van der Waals surface area contributed by atoms with E-state index in [-0.39, 0.29) is 6.03 Å². The van der Waals surface area contributed by atoms with Gasteiger partial charge >= 0.3 is 6.03 Å². The Morgan fingerprint density at radius 2 is 1.84 bits per heavy atom. The van der Waals surface area contributed by atoms with Crippen molar-refractivity contribution in [1.82, 2.24) is 14.4 Å². The number of imidazole rings is 1. The van der Waals surface area contributed by atoms with Gasteiger partial charge in [-0.3, -0.25) is 4.98 Å². The highest BCUT2D eigenvalue weighted by molar-refractivity contribution is 5.99. The first-order valence-corrected chi connectivity index (χ1v) is 10.3. The van der Waals surface area contributed by atoms with Gasteiger partial charge in [-0.2, -0.15) is 0 Å². The van der Waals surface area contributed by atoms with E-state index in [1.54, 1.807) is 36.7 Å². The zero-order chi connectivity index (χ0) is 21.9. The number of allylic oxidation sites excluding steroid dienone is 1. The molecule has 0 saturated heterocycles. The summed E-state index contributed by atoms with van der Waals surface area (Å²) in [5.41, 5.74) is 3.05. The minimum absolute atomic E-state index is 0.359. The summed E-state index contributed by atoms with van der Waals surface area (Å²) in [5.74, 6) is 2.58. The van der Waals surface area contributed by atoms with E-state index in [0.29, 0.717) is 28.8 Å². The topological polar surface area (TPSA) is 92.6 Å². The number of amides is 2. The number of aromatic nitrogens is 3. The number of carbonyl (C=O) groups is 1. The molecule has 8 heteroatoms. The lowest BCUT2D eigenvalue weighted by atomic mass is 10.3. The summed E-state index contributed by atoms with van der Waals surface area (Å²) in [4.78, 5) is 20.8. The molecule has 2 amide bonds. The molecule has 1 saturated carbocycles. The average Bonchev–Trinajstić information content (AvgIpc) is 3.55. The second kappa shape index (κ2) is 8.43. The number of ether oxygens (including phenoxy) is 1. The van der Waals surface area contributed by atoms with Crippen LogP contribution in [0.2, 0.25) is 0 Å². The number of benzene rings is 1. The van der Waals surface area contributed by atoms with Crippen LogP contribution in [0.5, 0.6) is 11.5 Å². The van der Waals surface area contributed by atoms with Gasteiger partial charge in [-0.1, -0.05) is 12.6 Å². The van der Waals surface area contributed by atoms with Gasteiger partial charge in [0.15, 0.2) is 0 Å². The predicted octanol–water partition coefficient (Wildman–Crippen LogP) is 5.50. The van der Waals surface area contributed by atoms with Gasteiger partial charge in [0.2, 0.25) is 0 Å². The molecule has 3 N–H and O–H groups in total. The van der Waals surface area contributed by atoms with Crippen LogP contribution in [0.4, 0.5) is 22.0 Å². The summed E-state index contributed by atoms with van der Waals surface area (Å²) in [6.07, 6.45) is 9.38. The molecular formula is C24H22N6O2.